The maximum absolute atomic E-state index is 12.4. The van der Waals surface area contributed by atoms with Gasteiger partial charge >= 0.3 is 0 Å². The van der Waals surface area contributed by atoms with Gasteiger partial charge in [-0.15, -0.1) is 12.4 Å². The standard InChI is InChI=1S/C18H29N3O.ClH/c1-18(2,3)15-9-5-6-10-16(15)20-17(22)13-21-11-7-8-14(12-21)19-4;/h5-6,9-10,14,19H,7-8,11-13H2,1-4H3,(H,20,22);1H. The zero-order valence-electron chi connectivity index (χ0n) is 14.7. The van der Waals surface area contributed by atoms with Gasteiger partial charge < -0.3 is 10.6 Å². The molecule has 1 saturated heterocycles. The number of likely N-dealkylation sites (N-methyl/N-ethyl adjacent to an activating group) is 1. The summed E-state index contributed by atoms with van der Waals surface area (Å²) in [4.78, 5) is 14.6. The van der Waals surface area contributed by atoms with E-state index < -0.39 is 0 Å². The van der Waals surface area contributed by atoms with Crippen LogP contribution in [0.5, 0.6) is 0 Å². The highest BCUT2D eigenvalue weighted by Gasteiger charge is 2.22. The molecule has 0 radical (unpaired) electrons. The summed E-state index contributed by atoms with van der Waals surface area (Å²) in [5.74, 6) is 0.0773. The van der Waals surface area contributed by atoms with Gasteiger partial charge in [0.2, 0.25) is 5.91 Å². The minimum absolute atomic E-state index is 0. The molecule has 1 aromatic rings. The Balaban J connectivity index is 0.00000264. The average Bonchev–Trinajstić information content (AvgIpc) is 2.46. The zero-order chi connectivity index (χ0) is 16.2. The predicted octanol–water partition coefficient (Wildman–Crippen LogP) is 3.03. The summed E-state index contributed by atoms with van der Waals surface area (Å²) >= 11 is 0. The molecule has 0 bridgehead atoms. The summed E-state index contributed by atoms with van der Waals surface area (Å²) in [7, 11) is 1.99. The Morgan fingerprint density at radius 3 is 2.65 bits per heavy atom. The van der Waals surface area contributed by atoms with Crippen LogP contribution < -0.4 is 10.6 Å². The Morgan fingerprint density at radius 1 is 1.30 bits per heavy atom. The topological polar surface area (TPSA) is 44.4 Å². The molecular formula is C18H30ClN3O. The van der Waals surface area contributed by atoms with E-state index in [0.717, 1.165) is 25.2 Å². The summed E-state index contributed by atoms with van der Waals surface area (Å²) in [5, 5.41) is 6.41. The SMILES string of the molecule is CNC1CCCN(CC(=O)Nc2ccccc2C(C)(C)C)C1.Cl. The molecule has 4 nitrogen and oxygen atoms in total. The van der Waals surface area contributed by atoms with Gasteiger partial charge in [-0.2, -0.15) is 0 Å². The van der Waals surface area contributed by atoms with Gasteiger partial charge in [-0.05, 0) is 43.5 Å². The van der Waals surface area contributed by atoms with E-state index in [1.54, 1.807) is 0 Å². The Hall–Kier alpha value is -1.10. The third-order valence-corrected chi connectivity index (χ3v) is 4.29. The first-order chi connectivity index (χ1) is 10.4. The van der Waals surface area contributed by atoms with Crippen molar-refractivity contribution in [3.8, 4) is 0 Å². The van der Waals surface area contributed by atoms with Crippen molar-refractivity contribution in [1.82, 2.24) is 10.2 Å². The number of amides is 1. The number of nitrogens with zero attached hydrogens (tertiary/aromatic N) is 1. The van der Waals surface area contributed by atoms with Gasteiger partial charge in [0.15, 0.2) is 0 Å². The lowest BCUT2D eigenvalue weighted by molar-refractivity contribution is -0.117. The zero-order valence-corrected chi connectivity index (χ0v) is 15.5. The largest absolute Gasteiger partial charge is 0.325 e. The molecule has 2 N–H and O–H groups in total. The Bertz CT molecular complexity index is 513. The molecule has 1 aliphatic rings. The number of carbonyl (C=O) groups is 1. The molecule has 1 heterocycles. The van der Waals surface area contributed by atoms with E-state index in [0.29, 0.717) is 12.6 Å². The van der Waals surface area contributed by atoms with Crippen molar-refractivity contribution >= 4 is 24.0 Å². The van der Waals surface area contributed by atoms with E-state index in [1.807, 2.05) is 25.2 Å². The lowest BCUT2D eigenvalue weighted by Gasteiger charge is -2.32. The second-order valence-corrected chi connectivity index (χ2v) is 7.21. The monoisotopic (exact) mass is 339 g/mol. The van der Waals surface area contributed by atoms with Crippen LogP contribution in [0.1, 0.15) is 39.2 Å². The van der Waals surface area contributed by atoms with Gasteiger partial charge in [0, 0.05) is 18.3 Å². The van der Waals surface area contributed by atoms with Crippen molar-refractivity contribution in [2.75, 3.05) is 32.0 Å². The molecule has 130 valence electrons. The molecule has 1 aliphatic heterocycles. The number of carbonyl (C=O) groups excluding carboxylic acids is 1. The highest BCUT2D eigenvalue weighted by molar-refractivity contribution is 5.93. The lowest BCUT2D eigenvalue weighted by atomic mass is 9.86. The molecule has 0 spiro atoms. The van der Waals surface area contributed by atoms with E-state index in [4.69, 9.17) is 0 Å². The van der Waals surface area contributed by atoms with Crippen molar-refractivity contribution in [1.29, 1.82) is 0 Å². The highest BCUT2D eigenvalue weighted by atomic mass is 35.5. The summed E-state index contributed by atoms with van der Waals surface area (Å²) in [6.45, 7) is 8.93. The third-order valence-electron chi connectivity index (χ3n) is 4.29. The molecule has 1 atom stereocenters. The van der Waals surface area contributed by atoms with E-state index >= 15 is 0 Å². The maximum atomic E-state index is 12.4. The molecule has 0 aliphatic carbocycles. The Kier molecular flexibility index (Phi) is 7.52. The maximum Gasteiger partial charge on any atom is 0.238 e. The van der Waals surface area contributed by atoms with E-state index in [1.165, 1.54) is 12.0 Å². The predicted molar refractivity (Wildman–Crippen MR) is 99.5 cm³/mol. The van der Waals surface area contributed by atoms with Gasteiger partial charge in [0.05, 0.1) is 6.54 Å². The number of para-hydroxylation sites is 1. The average molecular weight is 340 g/mol. The number of likely N-dealkylation sites (tertiary alicyclic amines) is 1. The van der Waals surface area contributed by atoms with Crippen molar-refractivity contribution < 1.29 is 4.79 Å². The van der Waals surface area contributed by atoms with E-state index in [-0.39, 0.29) is 23.7 Å². The number of nitrogens with one attached hydrogen (secondary N) is 2. The number of hydrogen-bond donors (Lipinski definition) is 2. The number of halogens is 1. The van der Waals surface area contributed by atoms with Crippen molar-refractivity contribution in [3.05, 3.63) is 29.8 Å². The molecule has 1 fully saturated rings. The van der Waals surface area contributed by atoms with Crippen LogP contribution in [0.15, 0.2) is 24.3 Å². The van der Waals surface area contributed by atoms with Crippen LogP contribution in [0, 0.1) is 0 Å². The molecular weight excluding hydrogens is 310 g/mol. The number of rotatable bonds is 4. The second kappa shape index (κ2) is 8.67. The summed E-state index contributed by atoms with van der Waals surface area (Å²) in [5.41, 5.74) is 2.13. The second-order valence-electron chi connectivity index (χ2n) is 7.21. The normalized spacial score (nSPS) is 19.0. The molecule has 0 saturated carbocycles. The fraction of sp³-hybridized carbons (Fsp3) is 0.611. The van der Waals surface area contributed by atoms with Gasteiger partial charge in [0.1, 0.15) is 0 Å². The van der Waals surface area contributed by atoms with Gasteiger partial charge in [-0.25, -0.2) is 0 Å². The Morgan fingerprint density at radius 2 is 2.00 bits per heavy atom. The minimum atomic E-state index is 0. The van der Waals surface area contributed by atoms with Crippen LogP contribution in [-0.4, -0.2) is 43.5 Å². The van der Waals surface area contributed by atoms with E-state index in [9.17, 15) is 4.79 Å². The van der Waals surface area contributed by atoms with Crippen LogP contribution in [0.2, 0.25) is 0 Å². The first-order valence-electron chi connectivity index (χ1n) is 8.19. The fourth-order valence-electron chi connectivity index (χ4n) is 3.07. The van der Waals surface area contributed by atoms with Crippen LogP contribution in [-0.2, 0) is 10.2 Å². The van der Waals surface area contributed by atoms with Crippen LogP contribution >= 0.6 is 12.4 Å². The van der Waals surface area contributed by atoms with Gasteiger partial charge in [-0.1, -0.05) is 39.0 Å². The first-order valence-corrected chi connectivity index (χ1v) is 8.19. The van der Waals surface area contributed by atoms with Crippen LogP contribution in [0.3, 0.4) is 0 Å². The molecule has 2 rings (SSSR count). The third kappa shape index (κ3) is 5.79. The summed E-state index contributed by atoms with van der Waals surface area (Å²) in [6, 6.07) is 8.59. The van der Waals surface area contributed by atoms with Crippen molar-refractivity contribution in [3.63, 3.8) is 0 Å². The quantitative estimate of drug-likeness (QED) is 0.886. The number of benzene rings is 1. The molecule has 1 unspecified atom stereocenters. The lowest BCUT2D eigenvalue weighted by Crippen LogP contribution is -2.47. The Labute approximate surface area is 146 Å². The smallest absolute Gasteiger partial charge is 0.238 e. The molecule has 1 amide bonds. The first kappa shape index (κ1) is 19.9. The van der Waals surface area contributed by atoms with Gasteiger partial charge in [-0.3, -0.25) is 9.69 Å². The molecule has 1 aromatic carbocycles. The minimum Gasteiger partial charge on any atom is -0.325 e. The summed E-state index contributed by atoms with van der Waals surface area (Å²) in [6.07, 6.45) is 2.35. The van der Waals surface area contributed by atoms with Crippen molar-refractivity contribution in [2.45, 2.75) is 45.1 Å². The van der Waals surface area contributed by atoms with Crippen molar-refractivity contribution in [2.24, 2.45) is 0 Å². The number of anilines is 1. The van der Waals surface area contributed by atoms with E-state index in [2.05, 4.69) is 42.4 Å². The fourth-order valence-corrected chi connectivity index (χ4v) is 3.07. The van der Waals surface area contributed by atoms with Crippen LogP contribution in [0.25, 0.3) is 0 Å². The van der Waals surface area contributed by atoms with Gasteiger partial charge in [0.25, 0.3) is 0 Å². The molecule has 5 heteroatoms. The summed E-state index contributed by atoms with van der Waals surface area (Å²) < 4.78 is 0. The number of hydrogen-bond acceptors (Lipinski definition) is 3. The number of piperidine rings is 1. The molecule has 0 aromatic heterocycles. The van der Waals surface area contributed by atoms with Crippen LogP contribution in [0.4, 0.5) is 5.69 Å². The molecule has 23 heavy (non-hydrogen) atoms. The highest BCUT2D eigenvalue weighted by Crippen LogP contribution is 2.29.